The van der Waals surface area contributed by atoms with Crippen molar-refractivity contribution in [1.82, 2.24) is 8.80 Å². The Labute approximate surface area is 480 Å². The van der Waals surface area contributed by atoms with E-state index in [0.717, 1.165) is 100 Å². The summed E-state index contributed by atoms with van der Waals surface area (Å²) in [6.45, 7) is 0. The van der Waals surface area contributed by atoms with Crippen molar-refractivity contribution in [1.29, 1.82) is 0 Å². The molecule has 0 aliphatic heterocycles. The van der Waals surface area contributed by atoms with Gasteiger partial charge >= 0.3 is 0 Å². The van der Waals surface area contributed by atoms with E-state index in [0.29, 0.717) is 0 Å². The zero-order valence-electron chi connectivity index (χ0n) is 45.2. The van der Waals surface area contributed by atoms with Crippen LogP contribution in [0.1, 0.15) is 0 Å². The van der Waals surface area contributed by atoms with Gasteiger partial charge in [0.1, 0.15) is 11.2 Å². The highest BCUT2D eigenvalue weighted by atomic mass is 16.3. The number of benzene rings is 13. The molecular weight excluding hydrogens is 1020 g/mol. The molecule has 0 N–H and O–H groups in total. The van der Waals surface area contributed by atoms with Crippen LogP contribution >= 0.6 is 0 Å². The first-order valence-electron chi connectivity index (χ1n) is 28.7. The van der Waals surface area contributed by atoms with E-state index in [9.17, 15) is 0 Å². The Morgan fingerprint density at radius 2 is 0.571 bits per heavy atom. The first kappa shape index (κ1) is 45.4. The quantitative estimate of drug-likeness (QED) is 0.152. The Balaban J connectivity index is 0.838. The lowest BCUT2D eigenvalue weighted by molar-refractivity contribution is 0.668. The number of hydrogen-bond donors (Lipinski definition) is 0. The minimum absolute atomic E-state index is 0.850. The molecule has 84 heavy (non-hydrogen) atoms. The van der Waals surface area contributed by atoms with E-state index >= 15 is 0 Å². The number of hydrogen-bond acceptors (Lipinski definition) is 4. The van der Waals surface area contributed by atoms with Crippen molar-refractivity contribution in [3.8, 4) is 22.3 Å². The van der Waals surface area contributed by atoms with Crippen LogP contribution in [-0.4, -0.2) is 8.80 Å². The second-order valence-electron chi connectivity index (χ2n) is 22.4. The SMILES string of the molecule is c1ccc(-c2cccc(N(c3ccc4c5cccc6c7cc8c(cc7n(c4c3)c56)c3cccc4c5ccc(N(c6cccc(-c7ccccc7)c6)c6cccc7c6oc6ccccc67)cc5n8c43)c3cccc4c3oc3ccccc34)c2)cc1. The van der Waals surface area contributed by atoms with Crippen LogP contribution in [0, 0.1) is 0 Å². The topological polar surface area (TPSA) is 41.6 Å². The van der Waals surface area contributed by atoms with E-state index in [1.54, 1.807) is 0 Å². The molecule has 19 rings (SSSR count). The third-order valence-corrected chi connectivity index (χ3v) is 17.9. The molecule has 6 nitrogen and oxygen atoms in total. The minimum Gasteiger partial charge on any atom is -0.454 e. The number of fused-ring (bicyclic) bond motifs is 18. The average molecular weight is 1070 g/mol. The summed E-state index contributed by atoms with van der Waals surface area (Å²) in [4.78, 5) is 4.76. The van der Waals surface area contributed by atoms with E-state index in [2.05, 4.69) is 286 Å². The standard InChI is InChI=1S/C78H46N4O2/c1-3-17-47(18-4-1)49-21-11-23-51(41-49)79(67-33-15-31-63-57-25-7-9-35-73(57)83-77(63)67)53-37-39-55-59-27-13-29-61-65-46-72-66(45-71(65)81(75(59)61)69(55)43-53)62-30-14-28-60-56-40-38-54(44-70(56)82(72)76(60)62)80(52-24-12-22-50(42-52)48-19-5-2-6-20-48)68-34-16-32-64-58-26-8-10-36-74(58)84-78(64)68/h1-46H. The van der Waals surface area contributed by atoms with E-state index in [-0.39, 0.29) is 0 Å². The van der Waals surface area contributed by atoms with Crippen molar-refractivity contribution in [3.63, 3.8) is 0 Å². The third kappa shape index (κ3) is 6.33. The highest BCUT2D eigenvalue weighted by Crippen LogP contribution is 2.50. The van der Waals surface area contributed by atoms with Gasteiger partial charge in [0, 0.05) is 87.4 Å². The average Bonchev–Trinajstić information content (AvgIpc) is 1.69. The fraction of sp³-hybridized carbons (Fsp3) is 0. The van der Waals surface area contributed by atoms with Gasteiger partial charge in [0.2, 0.25) is 0 Å². The summed E-state index contributed by atoms with van der Waals surface area (Å²) in [5.74, 6) is 0. The van der Waals surface area contributed by atoms with Crippen LogP contribution in [0.15, 0.2) is 288 Å². The van der Waals surface area contributed by atoms with E-state index in [4.69, 9.17) is 8.83 Å². The van der Waals surface area contributed by atoms with E-state index in [1.165, 1.54) is 76.3 Å². The third-order valence-electron chi connectivity index (χ3n) is 17.9. The Bertz CT molecular complexity index is 5520. The molecule has 0 aliphatic carbocycles. The first-order valence-corrected chi connectivity index (χ1v) is 28.7. The highest BCUT2D eigenvalue weighted by molar-refractivity contribution is 6.29. The normalized spacial score (nSPS) is 12.3. The molecule has 390 valence electrons. The predicted octanol–water partition coefficient (Wildman–Crippen LogP) is 22.1. The molecular formula is C78H46N4O2. The summed E-state index contributed by atoms with van der Waals surface area (Å²) in [6, 6.07) is 101. The fourth-order valence-corrected chi connectivity index (χ4v) is 14.3. The number of anilines is 6. The molecule has 0 amide bonds. The second-order valence-corrected chi connectivity index (χ2v) is 22.4. The first-order chi connectivity index (χ1) is 41.7. The van der Waals surface area contributed by atoms with E-state index in [1.807, 2.05) is 12.1 Å². The maximum atomic E-state index is 6.82. The van der Waals surface area contributed by atoms with Crippen LogP contribution < -0.4 is 9.80 Å². The summed E-state index contributed by atoms with van der Waals surface area (Å²) in [5, 5.41) is 14.2. The smallest absolute Gasteiger partial charge is 0.159 e. The van der Waals surface area contributed by atoms with Gasteiger partial charge in [-0.05, 0) is 107 Å². The molecule has 0 unspecified atom stereocenters. The monoisotopic (exact) mass is 1070 g/mol. The molecule has 0 radical (unpaired) electrons. The Morgan fingerprint density at radius 1 is 0.226 bits per heavy atom. The van der Waals surface area contributed by atoms with Crippen LogP contribution in [0.3, 0.4) is 0 Å². The Hall–Kier alpha value is -11.3. The molecule has 6 heterocycles. The molecule has 0 aliphatic rings. The number of nitrogens with zero attached hydrogens (tertiary/aromatic N) is 4. The molecule has 6 heteroatoms. The van der Waals surface area contributed by atoms with Gasteiger partial charge < -0.3 is 27.4 Å². The van der Waals surface area contributed by atoms with Gasteiger partial charge in [0.25, 0.3) is 0 Å². The molecule has 0 bridgehead atoms. The van der Waals surface area contributed by atoms with Crippen LogP contribution in [-0.2, 0) is 0 Å². The van der Waals surface area contributed by atoms with Crippen LogP contribution in [0.2, 0.25) is 0 Å². The number of furan rings is 2. The largest absolute Gasteiger partial charge is 0.454 e. The minimum atomic E-state index is 0.850. The van der Waals surface area contributed by atoms with Crippen LogP contribution in [0.25, 0.3) is 142 Å². The van der Waals surface area contributed by atoms with E-state index < -0.39 is 0 Å². The van der Waals surface area contributed by atoms with Crippen molar-refractivity contribution >= 4 is 154 Å². The zero-order chi connectivity index (χ0) is 54.7. The highest BCUT2D eigenvalue weighted by Gasteiger charge is 2.27. The van der Waals surface area contributed by atoms with Crippen molar-refractivity contribution in [3.05, 3.63) is 279 Å². The second kappa shape index (κ2) is 17.1. The lowest BCUT2D eigenvalue weighted by atomic mass is 10.0. The van der Waals surface area contributed by atoms with Gasteiger partial charge in [-0.2, -0.15) is 0 Å². The molecule has 19 aromatic rings. The molecule has 0 atom stereocenters. The van der Waals surface area contributed by atoms with Crippen molar-refractivity contribution in [2.45, 2.75) is 0 Å². The number of aromatic nitrogens is 2. The molecule has 0 saturated carbocycles. The van der Waals surface area contributed by atoms with Gasteiger partial charge in [0.15, 0.2) is 11.2 Å². The molecule has 0 fully saturated rings. The lowest BCUT2D eigenvalue weighted by Crippen LogP contribution is -2.10. The number of rotatable bonds is 8. The molecule has 0 saturated heterocycles. The Kier molecular flexibility index (Phi) is 9.24. The Morgan fingerprint density at radius 3 is 1.04 bits per heavy atom. The number of para-hydroxylation sites is 6. The lowest BCUT2D eigenvalue weighted by Gasteiger charge is -2.26. The van der Waals surface area contributed by atoms with Crippen molar-refractivity contribution < 1.29 is 8.83 Å². The zero-order valence-corrected chi connectivity index (χ0v) is 45.2. The molecule has 13 aromatic carbocycles. The summed E-state index contributed by atoms with van der Waals surface area (Å²) in [6.07, 6.45) is 0. The summed E-state index contributed by atoms with van der Waals surface area (Å²) < 4.78 is 18.7. The van der Waals surface area contributed by atoms with Gasteiger partial charge in [-0.1, -0.05) is 194 Å². The summed E-state index contributed by atoms with van der Waals surface area (Å²) in [7, 11) is 0. The van der Waals surface area contributed by atoms with Gasteiger partial charge in [0.05, 0.1) is 44.5 Å². The molecule has 0 spiro atoms. The summed E-state index contributed by atoms with van der Waals surface area (Å²) >= 11 is 0. The fourth-order valence-electron chi connectivity index (χ4n) is 14.3. The van der Waals surface area contributed by atoms with Crippen molar-refractivity contribution in [2.24, 2.45) is 0 Å². The van der Waals surface area contributed by atoms with Gasteiger partial charge in [-0.3, -0.25) is 0 Å². The maximum Gasteiger partial charge on any atom is 0.159 e. The summed E-state index contributed by atoms with van der Waals surface area (Å²) in [5.41, 5.74) is 21.3. The van der Waals surface area contributed by atoms with Crippen molar-refractivity contribution in [2.75, 3.05) is 9.80 Å². The van der Waals surface area contributed by atoms with Crippen LogP contribution in [0.4, 0.5) is 34.1 Å². The van der Waals surface area contributed by atoms with Gasteiger partial charge in [-0.15, -0.1) is 0 Å². The maximum absolute atomic E-state index is 6.82. The molecule has 6 aromatic heterocycles. The van der Waals surface area contributed by atoms with Gasteiger partial charge in [-0.25, -0.2) is 0 Å². The predicted molar refractivity (Wildman–Crippen MR) is 351 cm³/mol. The van der Waals surface area contributed by atoms with Crippen LogP contribution in [0.5, 0.6) is 0 Å².